The largest absolute Gasteiger partial charge is 0.495 e. The lowest BCUT2D eigenvalue weighted by Gasteiger charge is -2.14. The Balaban J connectivity index is 2.24. The van der Waals surface area contributed by atoms with Crippen LogP contribution >= 0.6 is 11.3 Å². The number of hydrogen-bond donors (Lipinski definition) is 2. The average molecular weight is 326 g/mol. The van der Waals surface area contributed by atoms with Crippen molar-refractivity contribution in [2.24, 2.45) is 0 Å². The molecule has 7 heteroatoms. The van der Waals surface area contributed by atoms with E-state index < -0.39 is 10.0 Å². The molecular weight excluding hydrogens is 308 g/mol. The fraction of sp³-hybridized carbons (Fsp3) is 0.286. The molecule has 2 rings (SSSR count). The Kier molecular flexibility index (Phi) is 4.55. The fourth-order valence-electron chi connectivity index (χ4n) is 1.92. The molecular formula is C14H18N2O3S2. The maximum atomic E-state index is 12.4. The van der Waals surface area contributed by atoms with Gasteiger partial charge in [0.2, 0.25) is 10.0 Å². The number of ether oxygens (including phenoxy) is 1. The lowest BCUT2D eigenvalue weighted by Crippen LogP contribution is -2.26. The van der Waals surface area contributed by atoms with Crippen LogP contribution < -0.4 is 15.2 Å². The number of sulfonamides is 1. The van der Waals surface area contributed by atoms with E-state index in [9.17, 15) is 8.42 Å². The van der Waals surface area contributed by atoms with Gasteiger partial charge in [0, 0.05) is 9.75 Å². The van der Waals surface area contributed by atoms with Crippen LogP contribution in [0.5, 0.6) is 5.75 Å². The summed E-state index contributed by atoms with van der Waals surface area (Å²) in [6, 6.07) is 8.02. The van der Waals surface area contributed by atoms with Crippen molar-refractivity contribution in [3.8, 4) is 5.75 Å². The highest BCUT2D eigenvalue weighted by atomic mass is 32.2. The maximum Gasteiger partial charge on any atom is 0.241 e. The number of benzene rings is 1. The van der Waals surface area contributed by atoms with Gasteiger partial charge >= 0.3 is 0 Å². The molecule has 1 heterocycles. The number of anilines is 1. The quantitative estimate of drug-likeness (QED) is 0.828. The molecule has 1 unspecified atom stereocenters. The van der Waals surface area contributed by atoms with Crippen LogP contribution in [0.1, 0.15) is 22.7 Å². The van der Waals surface area contributed by atoms with E-state index in [1.807, 2.05) is 26.0 Å². The summed E-state index contributed by atoms with van der Waals surface area (Å²) in [6.45, 7) is 3.80. The molecule has 5 nitrogen and oxygen atoms in total. The highest BCUT2D eigenvalue weighted by molar-refractivity contribution is 7.89. The van der Waals surface area contributed by atoms with E-state index in [1.54, 1.807) is 17.4 Å². The van der Waals surface area contributed by atoms with Crippen molar-refractivity contribution < 1.29 is 13.2 Å². The van der Waals surface area contributed by atoms with Crippen LogP contribution in [0.3, 0.4) is 0 Å². The molecule has 3 N–H and O–H groups in total. The molecule has 21 heavy (non-hydrogen) atoms. The molecule has 114 valence electrons. The van der Waals surface area contributed by atoms with Crippen LogP contribution in [0, 0.1) is 6.92 Å². The zero-order chi connectivity index (χ0) is 15.6. The monoisotopic (exact) mass is 326 g/mol. The van der Waals surface area contributed by atoms with Crippen molar-refractivity contribution in [1.82, 2.24) is 4.72 Å². The molecule has 0 saturated heterocycles. The predicted octanol–water partition coefficient (Wildman–Crippen LogP) is 2.69. The zero-order valence-electron chi connectivity index (χ0n) is 12.1. The molecule has 0 bridgehead atoms. The lowest BCUT2D eigenvalue weighted by molar-refractivity contribution is 0.416. The number of rotatable bonds is 5. The third-order valence-corrected chi connectivity index (χ3v) is 5.75. The molecule has 1 aromatic heterocycles. The second-order valence-electron chi connectivity index (χ2n) is 4.70. The van der Waals surface area contributed by atoms with Gasteiger partial charge in [0.25, 0.3) is 0 Å². The fourth-order valence-corrected chi connectivity index (χ4v) is 4.14. The van der Waals surface area contributed by atoms with Gasteiger partial charge in [-0.15, -0.1) is 11.3 Å². The average Bonchev–Trinajstić information content (AvgIpc) is 2.85. The number of thiophene rings is 1. The van der Waals surface area contributed by atoms with Crippen molar-refractivity contribution in [3.63, 3.8) is 0 Å². The van der Waals surface area contributed by atoms with E-state index in [2.05, 4.69) is 4.72 Å². The van der Waals surface area contributed by atoms with Crippen molar-refractivity contribution >= 4 is 27.0 Å². The van der Waals surface area contributed by atoms with Gasteiger partial charge in [-0.25, -0.2) is 13.1 Å². The van der Waals surface area contributed by atoms with E-state index in [-0.39, 0.29) is 10.9 Å². The van der Waals surface area contributed by atoms with Crippen molar-refractivity contribution in [2.45, 2.75) is 24.8 Å². The minimum absolute atomic E-state index is 0.126. The Morgan fingerprint density at radius 3 is 2.52 bits per heavy atom. The lowest BCUT2D eigenvalue weighted by atomic mass is 10.3. The Hall–Kier alpha value is -1.57. The Morgan fingerprint density at radius 2 is 2.00 bits per heavy atom. The third-order valence-electron chi connectivity index (χ3n) is 3.03. The van der Waals surface area contributed by atoms with E-state index in [0.717, 1.165) is 9.75 Å². The first-order valence-electron chi connectivity index (χ1n) is 6.35. The van der Waals surface area contributed by atoms with Gasteiger partial charge in [-0.1, -0.05) is 0 Å². The van der Waals surface area contributed by atoms with Crippen molar-refractivity contribution in [3.05, 3.63) is 40.1 Å². The van der Waals surface area contributed by atoms with Gasteiger partial charge in [-0.2, -0.15) is 0 Å². The van der Waals surface area contributed by atoms with Crippen LogP contribution in [0.2, 0.25) is 0 Å². The highest BCUT2D eigenvalue weighted by Crippen LogP contribution is 2.27. The van der Waals surface area contributed by atoms with Crippen LogP contribution in [-0.2, 0) is 10.0 Å². The number of hydrogen-bond acceptors (Lipinski definition) is 5. The molecule has 0 saturated carbocycles. The smallest absolute Gasteiger partial charge is 0.241 e. The summed E-state index contributed by atoms with van der Waals surface area (Å²) in [7, 11) is -2.14. The summed E-state index contributed by atoms with van der Waals surface area (Å²) in [4.78, 5) is 2.24. The van der Waals surface area contributed by atoms with Crippen LogP contribution in [0.4, 0.5) is 5.69 Å². The summed E-state index contributed by atoms with van der Waals surface area (Å²) < 4.78 is 32.4. The predicted molar refractivity (Wildman–Crippen MR) is 85.2 cm³/mol. The summed E-state index contributed by atoms with van der Waals surface area (Å²) >= 11 is 1.57. The molecule has 0 spiro atoms. The number of aryl methyl sites for hydroxylation is 1. The van der Waals surface area contributed by atoms with Gasteiger partial charge in [-0.05, 0) is 44.2 Å². The van der Waals surface area contributed by atoms with Gasteiger partial charge in [-0.3, -0.25) is 0 Å². The number of nitrogens with two attached hydrogens (primary N) is 1. The Morgan fingerprint density at radius 1 is 1.29 bits per heavy atom. The van der Waals surface area contributed by atoms with Crippen molar-refractivity contribution in [1.29, 1.82) is 0 Å². The minimum atomic E-state index is -3.62. The number of nitrogen functional groups attached to an aromatic ring is 1. The van der Waals surface area contributed by atoms with Gasteiger partial charge in [0.05, 0.1) is 23.7 Å². The van der Waals surface area contributed by atoms with Crippen LogP contribution in [0.15, 0.2) is 35.2 Å². The maximum absolute atomic E-state index is 12.4. The first kappa shape index (κ1) is 15.8. The van der Waals surface area contributed by atoms with E-state index in [0.29, 0.717) is 11.4 Å². The second kappa shape index (κ2) is 6.05. The molecule has 2 aromatic rings. The SMILES string of the molecule is COc1ccc(S(=O)(=O)NC(C)c2ccc(C)s2)cc1N. The Labute approximate surface area is 128 Å². The molecule has 0 radical (unpaired) electrons. The first-order chi connectivity index (χ1) is 9.83. The number of methoxy groups -OCH3 is 1. The molecule has 1 atom stereocenters. The molecule has 0 fully saturated rings. The minimum Gasteiger partial charge on any atom is -0.495 e. The van der Waals surface area contributed by atoms with Crippen LogP contribution in [0.25, 0.3) is 0 Å². The summed E-state index contributed by atoms with van der Waals surface area (Å²) in [5.74, 6) is 0.455. The van der Waals surface area contributed by atoms with Crippen LogP contribution in [-0.4, -0.2) is 15.5 Å². The second-order valence-corrected chi connectivity index (χ2v) is 7.73. The topological polar surface area (TPSA) is 81.4 Å². The van der Waals surface area contributed by atoms with Gasteiger partial charge in [0.1, 0.15) is 5.75 Å². The third kappa shape index (κ3) is 3.55. The zero-order valence-corrected chi connectivity index (χ0v) is 13.7. The van der Waals surface area contributed by atoms with Gasteiger partial charge in [0.15, 0.2) is 0 Å². The standard InChI is InChI=1S/C14H18N2O3S2/c1-9-4-7-14(20-9)10(2)16-21(17,18)11-5-6-13(19-3)12(15)8-11/h4-8,10,16H,15H2,1-3H3. The summed E-state index contributed by atoms with van der Waals surface area (Å²) in [6.07, 6.45) is 0. The highest BCUT2D eigenvalue weighted by Gasteiger charge is 2.20. The van der Waals surface area contributed by atoms with E-state index >= 15 is 0 Å². The van der Waals surface area contributed by atoms with E-state index in [4.69, 9.17) is 10.5 Å². The van der Waals surface area contributed by atoms with E-state index in [1.165, 1.54) is 19.2 Å². The number of nitrogens with one attached hydrogen (secondary N) is 1. The Bertz CT molecular complexity index is 738. The summed E-state index contributed by atoms with van der Waals surface area (Å²) in [5, 5.41) is 0. The first-order valence-corrected chi connectivity index (χ1v) is 8.65. The normalized spacial score (nSPS) is 13.1. The van der Waals surface area contributed by atoms with Crippen molar-refractivity contribution in [2.75, 3.05) is 12.8 Å². The van der Waals surface area contributed by atoms with Gasteiger partial charge < -0.3 is 10.5 Å². The molecule has 0 aliphatic rings. The molecule has 0 amide bonds. The molecule has 1 aromatic carbocycles. The summed E-state index contributed by atoms with van der Waals surface area (Å²) in [5.41, 5.74) is 6.05. The molecule has 0 aliphatic heterocycles. The molecule has 0 aliphatic carbocycles.